The van der Waals surface area contributed by atoms with E-state index < -0.39 is 0 Å². The topological polar surface area (TPSA) is 73.4 Å². The van der Waals surface area contributed by atoms with Crippen molar-refractivity contribution in [1.82, 2.24) is 19.8 Å². The van der Waals surface area contributed by atoms with E-state index in [1.165, 1.54) is 0 Å². The first-order valence-corrected chi connectivity index (χ1v) is 9.80. The molecule has 0 spiro atoms. The van der Waals surface area contributed by atoms with Crippen molar-refractivity contribution in [2.75, 3.05) is 7.05 Å². The highest BCUT2D eigenvalue weighted by molar-refractivity contribution is 6.31. The van der Waals surface area contributed by atoms with Crippen molar-refractivity contribution in [2.45, 2.75) is 47.4 Å². The lowest BCUT2D eigenvalue weighted by Crippen LogP contribution is -2.29. The maximum atomic E-state index is 13.0. The Balaban J connectivity index is 1.78. The molecule has 0 unspecified atom stereocenters. The summed E-state index contributed by atoms with van der Waals surface area (Å²) < 4.78 is 13.0. The molecule has 0 fully saturated rings. The molecule has 0 bridgehead atoms. The maximum Gasteiger partial charge on any atom is 0.276 e. The van der Waals surface area contributed by atoms with E-state index in [9.17, 15) is 4.79 Å². The Morgan fingerprint density at radius 1 is 1.31 bits per heavy atom. The van der Waals surface area contributed by atoms with Crippen molar-refractivity contribution in [3.8, 4) is 5.75 Å². The SMILES string of the molecule is CCn1ncc(Cl)c1CN(C)C(=O)c1noc(C)c1COc1cc(C)ccc1C. The van der Waals surface area contributed by atoms with Gasteiger partial charge >= 0.3 is 0 Å². The fourth-order valence-electron chi connectivity index (χ4n) is 3.04. The molecule has 3 aromatic rings. The van der Waals surface area contributed by atoms with Gasteiger partial charge < -0.3 is 14.2 Å². The lowest BCUT2D eigenvalue weighted by Gasteiger charge is -2.17. The third kappa shape index (κ3) is 4.45. The number of carbonyl (C=O) groups is 1. The minimum Gasteiger partial charge on any atom is -0.488 e. The Morgan fingerprint density at radius 2 is 2.07 bits per heavy atom. The van der Waals surface area contributed by atoms with E-state index in [0.29, 0.717) is 29.4 Å². The fraction of sp³-hybridized carbons (Fsp3) is 0.381. The van der Waals surface area contributed by atoms with Crippen LogP contribution in [-0.4, -0.2) is 32.8 Å². The molecule has 0 N–H and O–H groups in total. The van der Waals surface area contributed by atoms with Gasteiger partial charge in [-0.1, -0.05) is 28.9 Å². The lowest BCUT2D eigenvalue weighted by atomic mass is 10.1. The van der Waals surface area contributed by atoms with E-state index in [1.54, 1.807) is 29.7 Å². The number of benzene rings is 1. The van der Waals surface area contributed by atoms with Gasteiger partial charge in [-0.3, -0.25) is 9.48 Å². The van der Waals surface area contributed by atoms with Crippen molar-refractivity contribution in [3.05, 3.63) is 63.3 Å². The van der Waals surface area contributed by atoms with E-state index in [-0.39, 0.29) is 18.2 Å². The van der Waals surface area contributed by atoms with Crippen molar-refractivity contribution < 1.29 is 14.1 Å². The summed E-state index contributed by atoms with van der Waals surface area (Å²) in [6.07, 6.45) is 1.59. The van der Waals surface area contributed by atoms with E-state index in [0.717, 1.165) is 22.6 Å². The monoisotopic (exact) mass is 416 g/mol. The first kappa shape index (κ1) is 20.9. The molecule has 7 nitrogen and oxygen atoms in total. The predicted molar refractivity (Wildman–Crippen MR) is 110 cm³/mol. The zero-order valence-electron chi connectivity index (χ0n) is 17.3. The molecule has 0 saturated carbocycles. The molecule has 2 heterocycles. The average Bonchev–Trinajstić information content (AvgIpc) is 3.24. The van der Waals surface area contributed by atoms with Gasteiger partial charge in [0.25, 0.3) is 5.91 Å². The number of nitrogens with zero attached hydrogens (tertiary/aromatic N) is 4. The molecule has 2 aromatic heterocycles. The van der Waals surface area contributed by atoms with E-state index in [4.69, 9.17) is 20.9 Å². The highest BCUT2D eigenvalue weighted by atomic mass is 35.5. The second-order valence-corrected chi connectivity index (χ2v) is 7.45. The van der Waals surface area contributed by atoms with Crippen LogP contribution in [0.15, 0.2) is 28.9 Å². The van der Waals surface area contributed by atoms with Crippen LogP contribution in [0.1, 0.15) is 45.6 Å². The summed E-state index contributed by atoms with van der Waals surface area (Å²) in [4.78, 5) is 14.6. The minimum absolute atomic E-state index is 0.197. The van der Waals surface area contributed by atoms with Crippen molar-refractivity contribution in [3.63, 3.8) is 0 Å². The number of aromatic nitrogens is 3. The molecule has 1 amide bonds. The van der Waals surface area contributed by atoms with Gasteiger partial charge in [0.2, 0.25) is 0 Å². The molecule has 0 saturated heterocycles. The van der Waals surface area contributed by atoms with Gasteiger partial charge in [-0.25, -0.2) is 0 Å². The van der Waals surface area contributed by atoms with Crippen molar-refractivity contribution in [1.29, 1.82) is 0 Å². The molecule has 0 aliphatic carbocycles. The normalized spacial score (nSPS) is 11.0. The molecular weight excluding hydrogens is 392 g/mol. The Morgan fingerprint density at radius 3 is 2.79 bits per heavy atom. The van der Waals surface area contributed by atoms with Gasteiger partial charge in [0, 0.05) is 13.6 Å². The van der Waals surface area contributed by atoms with Crippen LogP contribution in [0.25, 0.3) is 0 Å². The maximum absolute atomic E-state index is 13.0. The molecule has 3 rings (SSSR count). The summed E-state index contributed by atoms with van der Waals surface area (Å²) in [5.41, 5.74) is 3.79. The number of carbonyl (C=O) groups excluding carboxylic acids is 1. The molecule has 0 aliphatic rings. The van der Waals surface area contributed by atoms with Crippen LogP contribution in [0.3, 0.4) is 0 Å². The summed E-state index contributed by atoms with van der Waals surface area (Å²) in [6.45, 7) is 8.91. The van der Waals surface area contributed by atoms with Crippen molar-refractivity contribution in [2.24, 2.45) is 0 Å². The first-order valence-electron chi connectivity index (χ1n) is 9.42. The molecule has 0 atom stereocenters. The third-order valence-corrected chi connectivity index (χ3v) is 5.15. The number of hydrogen-bond donors (Lipinski definition) is 0. The summed E-state index contributed by atoms with van der Waals surface area (Å²) >= 11 is 6.22. The van der Waals surface area contributed by atoms with Gasteiger partial charge in [0.1, 0.15) is 18.1 Å². The van der Waals surface area contributed by atoms with Crippen LogP contribution >= 0.6 is 11.6 Å². The summed E-state index contributed by atoms with van der Waals surface area (Å²) in [5, 5.41) is 8.72. The Kier molecular flexibility index (Phi) is 6.27. The van der Waals surface area contributed by atoms with Crippen LogP contribution in [-0.2, 0) is 19.7 Å². The van der Waals surface area contributed by atoms with E-state index in [1.807, 2.05) is 39.0 Å². The highest BCUT2D eigenvalue weighted by Crippen LogP contribution is 2.24. The number of aryl methyl sites for hydroxylation is 4. The number of hydrogen-bond acceptors (Lipinski definition) is 5. The van der Waals surface area contributed by atoms with E-state index >= 15 is 0 Å². The largest absolute Gasteiger partial charge is 0.488 e. The molecule has 29 heavy (non-hydrogen) atoms. The Bertz CT molecular complexity index is 1030. The molecule has 154 valence electrons. The zero-order chi connectivity index (χ0) is 21.1. The van der Waals surface area contributed by atoms with Crippen LogP contribution in [0, 0.1) is 20.8 Å². The molecule has 0 aliphatic heterocycles. The second-order valence-electron chi connectivity index (χ2n) is 7.04. The summed E-state index contributed by atoms with van der Waals surface area (Å²) in [7, 11) is 1.70. The number of amides is 1. The first-order chi connectivity index (χ1) is 13.8. The van der Waals surface area contributed by atoms with Crippen LogP contribution in [0.2, 0.25) is 5.02 Å². The second kappa shape index (κ2) is 8.69. The number of ether oxygens (including phenoxy) is 1. The van der Waals surface area contributed by atoms with Crippen molar-refractivity contribution >= 4 is 17.5 Å². The van der Waals surface area contributed by atoms with E-state index in [2.05, 4.69) is 10.3 Å². The van der Waals surface area contributed by atoms with Gasteiger partial charge in [0.15, 0.2) is 5.69 Å². The van der Waals surface area contributed by atoms with Gasteiger partial charge in [-0.05, 0) is 44.9 Å². The molecule has 1 aromatic carbocycles. The molecule has 8 heteroatoms. The van der Waals surface area contributed by atoms with Crippen LogP contribution < -0.4 is 4.74 Å². The Hall–Kier alpha value is -2.80. The Labute approximate surface area is 175 Å². The summed E-state index contributed by atoms with van der Waals surface area (Å²) in [5.74, 6) is 1.07. The fourth-order valence-corrected chi connectivity index (χ4v) is 3.24. The van der Waals surface area contributed by atoms with Gasteiger partial charge in [-0.2, -0.15) is 5.10 Å². The van der Waals surface area contributed by atoms with Gasteiger partial charge in [0.05, 0.1) is 29.0 Å². The van der Waals surface area contributed by atoms with Gasteiger partial charge in [-0.15, -0.1) is 0 Å². The van der Waals surface area contributed by atoms with Crippen LogP contribution in [0.4, 0.5) is 0 Å². The number of halogens is 1. The predicted octanol–water partition coefficient (Wildman–Crippen LogP) is 4.32. The average molecular weight is 417 g/mol. The molecular formula is C21H25ClN4O3. The molecule has 0 radical (unpaired) electrons. The highest BCUT2D eigenvalue weighted by Gasteiger charge is 2.25. The van der Waals surface area contributed by atoms with Crippen LogP contribution in [0.5, 0.6) is 5.75 Å². The minimum atomic E-state index is -0.263. The quantitative estimate of drug-likeness (QED) is 0.573. The summed E-state index contributed by atoms with van der Waals surface area (Å²) in [6, 6.07) is 6.01. The number of rotatable bonds is 7. The standard InChI is InChI=1S/C21H25ClN4O3/c1-6-26-18(17(22)10-23-26)11-25(5)21(27)20-16(15(4)29-24-20)12-28-19-9-13(2)7-8-14(19)3/h7-10H,6,11-12H2,1-5H3. The zero-order valence-corrected chi connectivity index (χ0v) is 18.1. The lowest BCUT2D eigenvalue weighted by molar-refractivity contribution is 0.0769. The smallest absolute Gasteiger partial charge is 0.276 e. The third-order valence-electron chi connectivity index (χ3n) is 4.83.